The van der Waals surface area contributed by atoms with Gasteiger partial charge in [-0.3, -0.25) is 4.79 Å². The number of halogens is 1. The summed E-state index contributed by atoms with van der Waals surface area (Å²) < 4.78 is 18.7. The lowest BCUT2D eigenvalue weighted by atomic mass is 10.1. The quantitative estimate of drug-likeness (QED) is 0.784. The summed E-state index contributed by atoms with van der Waals surface area (Å²) in [4.78, 5) is 13.7. The molecule has 2 rings (SSSR count). The van der Waals surface area contributed by atoms with E-state index in [0.717, 1.165) is 0 Å². The average Bonchev–Trinajstić information content (AvgIpc) is 2.47. The number of hydrogen-bond donors (Lipinski definition) is 0. The molecule has 0 aromatic heterocycles. The third kappa shape index (κ3) is 3.15. The molecular weight excluding hydrogens is 257 g/mol. The lowest BCUT2D eigenvalue weighted by Crippen LogP contribution is -2.26. The molecule has 0 fully saturated rings. The van der Waals surface area contributed by atoms with Gasteiger partial charge in [0.15, 0.2) is 5.78 Å². The molecular formula is C16H16FNO2. The number of rotatable bonds is 5. The van der Waals surface area contributed by atoms with Crippen molar-refractivity contribution in [1.29, 1.82) is 0 Å². The molecule has 0 aliphatic heterocycles. The molecule has 0 N–H and O–H groups in total. The van der Waals surface area contributed by atoms with Crippen molar-refractivity contribution in [3.63, 3.8) is 0 Å². The molecule has 0 amide bonds. The maximum Gasteiger partial charge on any atom is 0.182 e. The number of carbonyl (C=O) groups excluding carboxylic acids is 1. The van der Waals surface area contributed by atoms with E-state index >= 15 is 0 Å². The number of nitrogens with zero attached hydrogens (tertiary/aromatic N) is 1. The molecule has 0 saturated heterocycles. The molecule has 0 unspecified atom stereocenters. The van der Waals surface area contributed by atoms with E-state index in [1.54, 1.807) is 61.5 Å². The van der Waals surface area contributed by atoms with Crippen molar-refractivity contribution >= 4 is 11.5 Å². The molecule has 0 atom stereocenters. The smallest absolute Gasteiger partial charge is 0.182 e. The monoisotopic (exact) mass is 273 g/mol. The first-order valence-corrected chi connectivity index (χ1v) is 6.24. The predicted octanol–water partition coefficient (Wildman–Crippen LogP) is 3.15. The Morgan fingerprint density at radius 1 is 1.15 bits per heavy atom. The van der Waals surface area contributed by atoms with Gasteiger partial charge < -0.3 is 9.64 Å². The van der Waals surface area contributed by atoms with Crippen molar-refractivity contribution in [1.82, 2.24) is 0 Å². The van der Waals surface area contributed by atoms with Crippen LogP contribution in [0.15, 0.2) is 48.5 Å². The molecule has 104 valence electrons. The Bertz CT molecular complexity index is 596. The first kappa shape index (κ1) is 14.1. The number of benzene rings is 2. The van der Waals surface area contributed by atoms with Crippen LogP contribution in [-0.4, -0.2) is 26.5 Å². The second-order valence-electron chi connectivity index (χ2n) is 4.46. The zero-order valence-corrected chi connectivity index (χ0v) is 11.5. The van der Waals surface area contributed by atoms with Crippen molar-refractivity contribution in [2.45, 2.75) is 0 Å². The van der Waals surface area contributed by atoms with Gasteiger partial charge in [0.05, 0.1) is 19.3 Å². The van der Waals surface area contributed by atoms with E-state index in [4.69, 9.17) is 4.74 Å². The van der Waals surface area contributed by atoms with E-state index < -0.39 is 0 Å². The highest BCUT2D eigenvalue weighted by Crippen LogP contribution is 2.18. The SMILES string of the molecule is COc1ccc(C(=O)CN(C)c2ccccc2F)cc1. The predicted molar refractivity (Wildman–Crippen MR) is 77.0 cm³/mol. The van der Waals surface area contributed by atoms with Crippen LogP contribution in [0, 0.1) is 5.82 Å². The highest BCUT2D eigenvalue weighted by atomic mass is 19.1. The first-order valence-electron chi connectivity index (χ1n) is 6.24. The number of hydrogen-bond acceptors (Lipinski definition) is 3. The second-order valence-corrected chi connectivity index (χ2v) is 4.46. The highest BCUT2D eigenvalue weighted by Gasteiger charge is 2.12. The van der Waals surface area contributed by atoms with Crippen molar-refractivity contribution in [2.75, 3.05) is 25.6 Å². The van der Waals surface area contributed by atoms with Gasteiger partial charge >= 0.3 is 0 Å². The lowest BCUT2D eigenvalue weighted by molar-refractivity contribution is 0.1000. The van der Waals surface area contributed by atoms with E-state index in [1.807, 2.05) is 0 Å². The molecule has 0 aliphatic carbocycles. The largest absolute Gasteiger partial charge is 0.497 e. The van der Waals surface area contributed by atoms with Crippen molar-refractivity contribution in [3.8, 4) is 5.75 Å². The molecule has 20 heavy (non-hydrogen) atoms. The van der Waals surface area contributed by atoms with Crippen LogP contribution in [0.4, 0.5) is 10.1 Å². The molecule has 2 aromatic rings. The van der Waals surface area contributed by atoms with E-state index in [1.165, 1.54) is 6.07 Å². The van der Waals surface area contributed by atoms with Crippen LogP contribution in [0.2, 0.25) is 0 Å². The van der Waals surface area contributed by atoms with E-state index in [-0.39, 0.29) is 18.1 Å². The maximum atomic E-state index is 13.6. The average molecular weight is 273 g/mol. The van der Waals surface area contributed by atoms with Gasteiger partial charge in [0.1, 0.15) is 11.6 Å². The molecule has 2 aromatic carbocycles. The van der Waals surface area contributed by atoms with Crippen LogP contribution in [0.1, 0.15) is 10.4 Å². The Morgan fingerprint density at radius 3 is 2.40 bits per heavy atom. The number of anilines is 1. The minimum absolute atomic E-state index is 0.0709. The number of ketones is 1. The van der Waals surface area contributed by atoms with Crippen LogP contribution < -0.4 is 9.64 Å². The fraction of sp³-hybridized carbons (Fsp3) is 0.188. The van der Waals surface area contributed by atoms with Crippen molar-refractivity contribution in [2.24, 2.45) is 0 Å². The van der Waals surface area contributed by atoms with Gasteiger partial charge in [-0.05, 0) is 36.4 Å². The normalized spacial score (nSPS) is 10.2. The number of ether oxygens (including phenoxy) is 1. The van der Waals surface area contributed by atoms with Crippen LogP contribution in [-0.2, 0) is 0 Å². The summed E-state index contributed by atoms with van der Waals surface area (Å²) in [5, 5.41) is 0. The van der Waals surface area contributed by atoms with Gasteiger partial charge in [-0.15, -0.1) is 0 Å². The summed E-state index contributed by atoms with van der Waals surface area (Å²) >= 11 is 0. The molecule has 4 heteroatoms. The van der Waals surface area contributed by atoms with Gasteiger partial charge in [0.2, 0.25) is 0 Å². The number of methoxy groups -OCH3 is 1. The fourth-order valence-corrected chi connectivity index (χ4v) is 1.93. The third-order valence-corrected chi connectivity index (χ3v) is 3.06. The van der Waals surface area contributed by atoms with E-state index in [9.17, 15) is 9.18 Å². The summed E-state index contributed by atoms with van der Waals surface area (Å²) in [7, 11) is 3.27. The van der Waals surface area contributed by atoms with E-state index in [0.29, 0.717) is 17.0 Å². The molecule has 0 heterocycles. The minimum atomic E-state index is -0.336. The zero-order chi connectivity index (χ0) is 14.5. The maximum absolute atomic E-state index is 13.6. The Balaban J connectivity index is 2.09. The number of carbonyl (C=O) groups is 1. The van der Waals surface area contributed by atoms with Crippen molar-refractivity contribution < 1.29 is 13.9 Å². The highest BCUT2D eigenvalue weighted by molar-refractivity contribution is 5.99. The van der Waals surface area contributed by atoms with Gasteiger partial charge in [0.25, 0.3) is 0 Å². The van der Waals surface area contributed by atoms with Gasteiger partial charge in [0, 0.05) is 12.6 Å². The standard InChI is InChI=1S/C16H16FNO2/c1-18(15-6-4-3-5-14(15)17)11-16(19)12-7-9-13(20-2)10-8-12/h3-10H,11H2,1-2H3. The second kappa shape index (κ2) is 6.19. The Labute approximate surface area is 117 Å². The zero-order valence-electron chi connectivity index (χ0n) is 11.5. The van der Waals surface area contributed by atoms with Crippen LogP contribution >= 0.6 is 0 Å². The Kier molecular flexibility index (Phi) is 4.35. The van der Waals surface area contributed by atoms with Gasteiger partial charge in [-0.2, -0.15) is 0 Å². The summed E-state index contributed by atoms with van der Waals surface area (Å²) in [5.41, 5.74) is 0.989. The Morgan fingerprint density at radius 2 is 1.80 bits per heavy atom. The molecule has 0 radical (unpaired) electrons. The Hall–Kier alpha value is -2.36. The summed E-state index contributed by atoms with van der Waals surface area (Å²) in [6.07, 6.45) is 0. The number of para-hydroxylation sites is 1. The third-order valence-electron chi connectivity index (χ3n) is 3.06. The van der Waals surface area contributed by atoms with Crippen LogP contribution in [0.25, 0.3) is 0 Å². The molecule has 0 aliphatic rings. The topological polar surface area (TPSA) is 29.5 Å². The minimum Gasteiger partial charge on any atom is -0.497 e. The molecule has 0 saturated carbocycles. The van der Waals surface area contributed by atoms with Crippen molar-refractivity contribution in [3.05, 3.63) is 59.9 Å². The molecule has 0 bridgehead atoms. The number of Topliss-reactive ketones (excluding diaryl/α,β-unsaturated/α-hetero) is 1. The van der Waals surface area contributed by atoms with Crippen LogP contribution in [0.5, 0.6) is 5.75 Å². The molecule has 0 spiro atoms. The lowest BCUT2D eigenvalue weighted by Gasteiger charge is -2.19. The first-order chi connectivity index (χ1) is 9.61. The van der Waals surface area contributed by atoms with Gasteiger partial charge in [-0.25, -0.2) is 4.39 Å². The summed E-state index contributed by atoms with van der Waals surface area (Å²) in [6, 6.07) is 13.3. The van der Waals surface area contributed by atoms with Gasteiger partial charge in [-0.1, -0.05) is 12.1 Å². The summed E-state index contributed by atoms with van der Waals surface area (Å²) in [6.45, 7) is 0.118. The fourth-order valence-electron chi connectivity index (χ4n) is 1.93. The number of likely N-dealkylation sites (N-methyl/N-ethyl adjacent to an activating group) is 1. The van der Waals surface area contributed by atoms with Crippen LogP contribution in [0.3, 0.4) is 0 Å². The molecule has 3 nitrogen and oxygen atoms in total. The summed E-state index contributed by atoms with van der Waals surface area (Å²) in [5.74, 6) is 0.292. The van der Waals surface area contributed by atoms with E-state index in [2.05, 4.69) is 0 Å².